The minimum atomic E-state index is -0.926. The van der Waals surface area contributed by atoms with E-state index in [0.29, 0.717) is 18.2 Å². The normalized spacial score (nSPS) is 18.8. The third-order valence-electron chi connectivity index (χ3n) is 3.13. The van der Waals surface area contributed by atoms with Crippen LogP contribution >= 0.6 is 11.8 Å². The monoisotopic (exact) mass is 283 g/mol. The number of hydrogen-bond acceptors (Lipinski definition) is 4. The summed E-state index contributed by atoms with van der Waals surface area (Å²) in [7, 11) is 0. The van der Waals surface area contributed by atoms with Crippen LogP contribution in [0.2, 0.25) is 0 Å². The molecule has 2 heterocycles. The molecule has 0 radical (unpaired) electrons. The van der Waals surface area contributed by atoms with Gasteiger partial charge in [0.25, 0.3) is 0 Å². The van der Waals surface area contributed by atoms with E-state index in [2.05, 4.69) is 5.10 Å². The summed E-state index contributed by atoms with van der Waals surface area (Å²) < 4.78 is 1.78. The molecule has 1 aliphatic heterocycles. The largest absolute Gasteiger partial charge is 0.480 e. The molecular weight excluding hydrogens is 266 g/mol. The smallest absolute Gasteiger partial charge is 0.327 e. The standard InChI is InChI=1S/C12H17N3O3S/c1-8-5-9(2)15(13-8)4-3-11(16)14-7-19-6-10(14)12(17)18/h5,10H,3-4,6-7H2,1-2H3,(H,17,18). The Kier molecular flexibility index (Phi) is 4.14. The number of nitrogens with zero attached hydrogens (tertiary/aromatic N) is 3. The highest BCUT2D eigenvalue weighted by molar-refractivity contribution is 7.99. The van der Waals surface area contributed by atoms with Gasteiger partial charge in [0.05, 0.1) is 11.6 Å². The summed E-state index contributed by atoms with van der Waals surface area (Å²) in [5.74, 6) is -0.108. The molecule has 1 fully saturated rings. The Bertz CT molecular complexity index is 500. The first-order valence-corrected chi connectivity index (χ1v) is 7.25. The zero-order chi connectivity index (χ0) is 14.0. The highest BCUT2D eigenvalue weighted by Crippen LogP contribution is 2.22. The van der Waals surface area contributed by atoms with Gasteiger partial charge in [0.15, 0.2) is 0 Å². The molecule has 1 saturated heterocycles. The van der Waals surface area contributed by atoms with E-state index < -0.39 is 12.0 Å². The predicted octanol–water partition coefficient (Wildman–Crippen LogP) is 0.876. The van der Waals surface area contributed by atoms with Crippen LogP contribution in [0.25, 0.3) is 0 Å². The average Bonchev–Trinajstić information content (AvgIpc) is 2.93. The fourth-order valence-corrected chi connectivity index (χ4v) is 3.31. The molecule has 1 unspecified atom stereocenters. The fraction of sp³-hybridized carbons (Fsp3) is 0.583. The maximum Gasteiger partial charge on any atom is 0.327 e. The number of carboxylic acid groups (broad SMARTS) is 1. The van der Waals surface area contributed by atoms with E-state index in [-0.39, 0.29) is 12.3 Å². The second kappa shape index (κ2) is 5.64. The van der Waals surface area contributed by atoms with Crippen LogP contribution in [0.1, 0.15) is 17.8 Å². The lowest BCUT2D eigenvalue weighted by Crippen LogP contribution is -2.42. The van der Waals surface area contributed by atoms with Crippen molar-refractivity contribution in [2.75, 3.05) is 11.6 Å². The lowest BCUT2D eigenvalue weighted by atomic mass is 10.2. The molecule has 0 bridgehead atoms. The summed E-state index contributed by atoms with van der Waals surface area (Å²) in [6.45, 7) is 4.34. The third-order valence-corrected chi connectivity index (χ3v) is 4.14. The molecule has 2 rings (SSSR count). The molecule has 1 atom stereocenters. The van der Waals surface area contributed by atoms with Gasteiger partial charge in [-0.3, -0.25) is 9.48 Å². The van der Waals surface area contributed by atoms with Crippen LogP contribution < -0.4 is 0 Å². The lowest BCUT2D eigenvalue weighted by Gasteiger charge is -2.20. The first-order chi connectivity index (χ1) is 8.99. The van der Waals surface area contributed by atoms with E-state index in [9.17, 15) is 9.59 Å². The van der Waals surface area contributed by atoms with Gasteiger partial charge < -0.3 is 10.0 Å². The Morgan fingerprint density at radius 2 is 2.26 bits per heavy atom. The molecule has 0 aliphatic carbocycles. The molecule has 6 nitrogen and oxygen atoms in total. The zero-order valence-corrected chi connectivity index (χ0v) is 11.8. The quantitative estimate of drug-likeness (QED) is 0.887. The Morgan fingerprint density at radius 3 is 2.84 bits per heavy atom. The molecule has 104 valence electrons. The van der Waals surface area contributed by atoms with Crippen LogP contribution in [0, 0.1) is 13.8 Å². The summed E-state index contributed by atoms with van der Waals surface area (Å²) >= 11 is 1.48. The molecule has 1 N–H and O–H groups in total. The maximum atomic E-state index is 12.1. The average molecular weight is 283 g/mol. The Labute approximate surface area is 115 Å². The van der Waals surface area contributed by atoms with Crippen molar-refractivity contribution in [3.63, 3.8) is 0 Å². The van der Waals surface area contributed by atoms with E-state index in [1.807, 2.05) is 19.9 Å². The van der Waals surface area contributed by atoms with Crippen molar-refractivity contribution in [3.8, 4) is 0 Å². The predicted molar refractivity (Wildman–Crippen MR) is 71.9 cm³/mol. The molecule has 7 heteroatoms. The Morgan fingerprint density at radius 1 is 1.53 bits per heavy atom. The van der Waals surface area contributed by atoms with Crippen molar-refractivity contribution in [2.45, 2.75) is 32.9 Å². The van der Waals surface area contributed by atoms with Gasteiger partial charge in [0.2, 0.25) is 5.91 Å². The van der Waals surface area contributed by atoms with Crippen molar-refractivity contribution >= 4 is 23.6 Å². The van der Waals surface area contributed by atoms with Gasteiger partial charge in [-0.2, -0.15) is 5.10 Å². The van der Waals surface area contributed by atoms with Crippen LogP contribution in [0.3, 0.4) is 0 Å². The second-order valence-electron chi connectivity index (χ2n) is 4.62. The van der Waals surface area contributed by atoms with Crippen LogP contribution in [0.15, 0.2) is 6.07 Å². The van der Waals surface area contributed by atoms with Crippen LogP contribution in [0.5, 0.6) is 0 Å². The van der Waals surface area contributed by atoms with Gasteiger partial charge in [-0.05, 0) is 19.9 Å². The zero-order valence-electron chi connectivity index (χ0n) is 11.0. The lowest BCUT2D eigenvalue weighted by molar-refractivity contribution is -0.147. The van der Waals surface area contributed by atoms with Crippen LogP contribution in [-0.2, 0) is 16.1 Å². The van der Waals surface area contributed by atoms with E-state index in [1.54, 1.807) is 4.68 Å². The van der Waals surface area contributed by atoms with Crippen LogP contribution in [-0.4, -0.2) is 49.3 Å². The molecule has 19 heavy (non-hydrogen) atoms. The minimum Gasteiger partial charge on any atom is -0.480 e. The molecule has 1 aromatic rings. The topological polar surface area (TPSA) is 75.4 Å². The summed E-state index contributed by atoms with van der Waals surface area (Å²) in [5, 5.41) is 13.3. The number of carbonyl (C=O) groups is 2. The van der Waals surface area contributed by atoms with Crippen molar-refractivity contribution in [1.82, 2.24) is 14.7 Å². The third kappa shape index (κ3) is 3.09. The van der Waals surface area contributed by atoms with Crippen molar-refractivity contribution < 1.29 is 14.7 Å². The number of carbonyl (C=O) groups excluding carboxylic acids is 1. The number of aliphatic carboxylic acids is 1. The number of rotatable bonds is 4. The van der Waals surface area contributed by atoms with Gasteiger partial charge in [-0.1, -0.05) is 0 Å². The van der Waals surface area contributed by atoms with Crippen LogP contribution in [0.4, 0.5) is 0 Å². The first kappa shape index (κ1) is 13.9. The number of carboxylic acids is 1. The van der Waals surface area contributed by atoms with E-state index in [4.69, 9.17) is 5.11 Å². The highest BCUT2D eigenvalue weighted by Gasteiger charge is 2.34. The van der Waals surface area contributed by atoms with Gasteiger partial charge in [0, 0.05) is 24.4 Å². The SMILES string of the molecule is Cc1cc(C)n(CCC(=O)N2CSCC2C(=O)O)n1. The molecular formula is C12H17N3O3S. The molecule has 0 aromatic carbocycles. The highest BCUT2D eigenvalue weighted by atomic mass is 32.2. The molecule has 1 aliphatic rings. The molecule has 0 spiro atoms. The van der Waals surface area contributed by atoms with Crippen molar-refractivity contribution in [3.05, 3.63) is 17.5 Å². The van der Waals surface area contributed by atoms with E-state index in [0.717, 1.165) is 11.4 Å². The summed E-state index contributed by atoms with van der Waals surface area (Å²) in [5.41, 5.74) is 1.93. The second-order valence-corrected chi connectivity index (χ2v) is 5.62. The first-order valence-electron chi connectivity index (χ1n) is 6.10. The maximum absolute atomic E-state index is 12.1. The Balaban J connectivity index is 1.94. The number of thioether (sulfide) groups is 1. The minimum absolute atomic E-state index is 0.120. The summed E-state index contributed by atoms with van der Waals surface area (Å²) in [6.07, 6.45) is 0.284. The molecule has 1 amide bonds. The van der Waals surface area contributed by atoms with Gasteiger partial charge >= 0.3 is 5.97 Å². The van der Waals surface area contributed by atoms with E-state index in [1.165, 1.54) is 16.7 Å². The summed E-state index contributed by atoms with van der Waals surface area (Å²) in [4.78, 5) is 24.5. The molecule has 0 saturated carbocycles. The van der Waals surface area contributed by atoms with E-state index >= 15 is 0 Å². The summed E-state index contributed by atoms with van der Waals surface area (Å²) in [6, 6.07) is 1.27. The number of aromatic nitrogens is 2. The fourth-order valence-electron chi connectivity index (χ4n) is 2.14. The number of hydrogen-bond donors (Lipinski definition) is 1. The number of aryl methyl sites for hydroxylation is 3. The van der Waals surface area contributed by atoms with Gasteiger partial charge in [-0.25, -0.2) is 4.79 Å². The van der Waals surface area contributed by atoms with Crippen molar-refractivity contribution in [1.29, 1.82) is 0 Å². The van der Waals surface area contributed by atoms with Crippen molar-refractivity contribution in [2.24, 2.45) is 0 Å². The van der Waals surface area contributed by atoms with Gasteiger partial charge in [0.1, 0.15) is 6.04 Å². The molecule has 1 aromatic heterocycles. The number of amides is 1. The van der Waals surface area contributed by atoms with Gasteiger partial charge in [-0.15, -0.1) is 11.8 Å². The Hall–Kier alpha value is -1.50.